The Hall–Kier alpha value is -1.58. The summed E-state index contributed by atoms with van der Waals surface area (Å²) in [6, 6.07) is 4.45. The molecule has 0 spiro atoms. The predicted octanol–water partition coefficient (Wildman–Crippen LogP) is 2.74. The van der Waals surface area contributed by atoms with E-state index in [1.807, 2.05) is 0 Å². The van der Waals surface area contributed by atoms with Gasteiger partial charge in [-0.05, 0) is 31.0 Å². The smallest absolute Gasteiger partial charge is 0.125 e. The molecule has 0 aliphatic rings. The van der Waals surface area contributed by atoms with Gasteiger partial charge in [-0.1, -0.05) is 13.8 Å². The van der Waals surface area contributed by atoms with Crippen molar-refractivity contribution in [1.29, 1.82) is 5.41 Å². The second kappa shape index (κ2) is 6.23. The summed E-state index contributed by atoms with van der Waals surface area (Å²) in [7, 11) is 0. The van der Waals surface area contributed by atoms with Crippen LogP contribution < -0.4 is 10.6 Å². The minimum Gasteiger partial charge on any atom is -0.384 e. The second-order valence-corrected chi connectivity index (χ2v) is 4.06. The number of nitrogens with one attached hydrogen (secondary N) is 1. The molecule has 0 aliphatic heterocycles. The number of halogens is 1. The third-order valence-corrected chi connectivity index (χ3v) is 2.58. The zero-order valence-electron chi connectivity index (χ0n) is 10.5. The van der Waals surface area contributed by atoms with Crippen LogP contribution in [0.2, 0.25) is 0 Å². The van der Waals surface area contributed by atoms with E-state index in [9.17, 15) is 4.39 Å². The first-order valence-corrected chi connectivity index (χ1v) is 5.99. The quantitative estimate of drug-likeness (QED) is 0.590. The molecule has 3 N–H and O–H groups in total. The van der Waals surface area contributed by atoms with Crippen molar-refractivity contribution in [2.75, 3.05) is 18.0 Å². The number of hydrogen-bond acceptors (Lipinski definition) is 2. The number of benzene rings is 1. The largest absolute Gasteiger partial charge is 0.384 e. The molecule has 94 valence electrons. The Bertz CT molecular complexity index is 384. The maximum atomic E-state index is 13.2. The summed E-state index contributed by atoms with van der Waals surface area (Å²) < 4.78 is 13.2. The Labute approximate surface area is 102 Å². The third kappa shape index (κ3) is 3.44. The van der Waals surface area contributed by atoms with Gasteiger partial charge in [0.2, 0.25) is 0 Å². The van der Waals surface area contributed by atoms with Crippen LogP contribution >= 0.6 is 0 Å². The fraction of sp³-hybridized carbons (Fsp3) is 0.462. The fourth-order valence-electron chi connectivity index (χ4n) is 1.89. The molecule has 4 heteroatoms. The summed E-state index contributed by atoms with van der Waals surface area (Å²) >= 11 is 0. The van der Waals surface area contributed by atoms with Gasteiger partial charge in [0.05, 0.1) is 0 Å². The van der Waals surface area contributed by atoms with E-state index in [2.05, 4.69) is 18.7 Å². The maximum absolute atomic E-state index is 13.2. The lowest BCUT2D eigenvalue weighted by atomic mass is 10.1. The van der Waals surface area contributed by atoms with E-state index in [1.54, 1.807) is 6.07 Å². The van der Waals surface area contributed by atoms with Crippen molar-refractivity contribution < 1.29 is 4.39 Å². The maximum Gasteiger partial charge on any atom is 0.125 e. The summed E-state index contributed by atoms with van der Waals surface area (Å²) in [4.78, 5) is 2.15. The Morgan fingerprint density at radius 1 is 1.29 bits per heavy atom. The van der Waals surface area contributed by atoms with Gasteiger partial charge in [0.25, 0.3) is 0 Å². The first-order valence-electron chi connectivity index (χ1n) is 5.99. The molecule has 0 aliphatic carbocycles. The van der Waals surface area contributed by atoms with E-state index in [4.69, 9.17) is 11.1 Å². The standard InChI is InChI=1S/C13H20FN3/c1-3-7-17(8-4-2)12-6-5-10(14)9-11(12)13(15)16/h5-6,9H,3-4,7-8H2,1-2H3,(H3,15,16). The lowest BCUT2D eigenvalue weighted by molar-refractivity contribution is 0.626. The first kappa shape index (κ1) is 13.5. The lowest BCUT2D eigenvalue weighted by Gasteiger charge is -2.26. The minimum absolute atomic E-state index is 0.0864. The van der Waals surface area contributed by atoms with E-state index in [0.717, 1.165) is 31.6 Å². The van der Waals surface area contributed by atoms with Crippen molar-refractivity contribution in [3.63, 3.8) is 0 Å². The molecule has 0 aromatic heterocycles. The Kier molecular flexibility index (Phi) is 4.94. The number of nitrogen functional groups attached to an aromatic ring is 1. The highest BCUT2D eigenvalue weighted by molar-refractivity contribution is 6.00. The van der Waals surface area contributed by atoms with Gasteiger partial charge in [0, 0.05) is 24.3 Å². The molecular weight excluding hydrogens is 217 g/mol. The molecule has 1 rings (SSSR count). The number of rotatable bonds is 6. The van der Waals surface area contributed by atoms with Gasteiger partial charge < -0.3 is 10.6 Å². The summed E-state index contributed by atoms with van der Waals surface area (Å²) in [6.45, 7) is 5.97. The summed E-state index contributed by atoms with van der Waals surface area (Å²) in [5, 5.41) is 7.52. The van der Waals surface area contributed by atoms with Crippen molar-refractivity contribution in [2.24, 2.45) is 5.73 Å². The van der Waals surface area contributed by atoms with Crippen LogP contribution in [0.25, 0.3) is 0 Å². The van der Waals surface area contributed by atoms with E-state index in [1.165, 1.54) is 12.1 Å². The van der Waals surface area contributed by atoms with E-state index >= 15 is 0 Å². The Morgan fingerprint density at radius 3 is 2.35 bits per heavy atom. The molecule has 0 atom stereocenters. The molecule has 0 heterocycles. The Morgan fingerprint density at radius 2 is 1.88 bits per heavy atom. The number of nitrogens with two attached hydrogens (primary N) is 1. The highest BCUT2D eigenvalue weighted by Gasteiger charge is 2.12. The van der Waals surface area contributed by atoms with Gasteiger partial charge >= 0.3 is 0 Å². The number of amidine groups is 1. The summed E-state index contributed by atoms with van der Waals surface area (Å²) in [6.07, 6.45) is 2.02. The highest BCUT2D eigenvalue weighted by Crippen LogP contribution is 2.22. The molecule has 3 nitrogen and oxygen atoms in total. The normalized spacial score (nSPS) is 10.3. The molecule has 0 saturated carbocycles. The fourth-order valence-corrected chi connectivity index (χ4v) is 1.89. The van der Waals surface area contributed by atoms with E-state index in [0.29, 0.717) is 5.56 Å². The zero-order chi connectivity index (χ0) is 12.8. The molecule has 0 bridgehead atoms. The van der Waals surface area contributed by atoms with Crippen LogP contribution in [0.4, 0.5) is 10.1 Å². The van der Waals surface area contributed by atoms with Gasteiger partial charge in [-0.15, -0.1) is 0 Å². The molecule has 17 heavy (non-hydrogen) atoms. The van der Waals surface area contributed by atoms with Crippen LogP contribution in [0, 0.1) is 11.2 Å². The van der Waals surface area contributed by atoms with Crippen LogP contribution in [0.1, 0.15) is 32.3 Å². The topological polar surface area (TPSA) is 53.1 Å². The molecule has 0 saturated heterocycles. The van der Waals surface area contributed by atoms with Crippen molar-refractivity contribution in [3.05, 3.63) is 29.6 Å². The molecule has 0 amide bonds. The molecule has 0 radical (unpaired) electrons. The third-order valence-electron chi connectivity index (χ3n) is 2.58. The van der Waals surface area contributed by atoms with Crippen molar-refractivity contribution >= 4 is 11.5 Å². The predicted molar refractivity (Wildman–Crippen MR) is 70.2 cm³/mol. The van der Waals surface area contributed by atoms with E-state index in [-0.39, 0.29) is 11.7 Å². The summed E-state index contributed by atoms with van der Waals surface area (Å²) in [5.74, 6) is -0.441. The van der Waals surface area contributed by atoms with Gasteiger partial charge in [-0.3, -0.25) is 5.41 Å². The van der Waals surface area contributed by atoms with Gasteiger partial charge in [-0.25, -0.2) is 4.39 Å². The van der Waals surface area contributed by atoms with Crippen LogP contribution in [0.5, 0.6) is 0 Å². The first-order chi connectivity index (χ1) is 8.10. The van der Waals surface area contributed by atoms with Crippen LogP contribution in [0.3, 0.4) is 0 Å². The summed E-state index contributed by atoms with van der Waals surface area (Å²) in [5.41, 5.74) is 6.83. The number of anilines is 1. The zero-order valence-corrected chi connectivity index (χ0v) is 10.5. The van der Waals surface area contributed by atoms with Crippen molar-refractivity contribution in [3.8, 4) is 0 Å². The Balaban J connectivity index is 3.12. The lowest BCUT2D eigenvalue weighted by Crippen LogP contribution is -2.28. The SMILES string of the molecule is CCCN(CCC)c1ccc(F)cc1C(=N)N. The van der Waals surface area contributed by atoms with Crippen LogP contribution in [-0.2, 0) is 0 Å². The van der Waals surface area contributed by atoms with Gasteiger partial charge in [0.1, 0.15) is 11.7 Å². The molecule has 0 fully saturated rings. The molecule has 1 aromatic carbocycles. The molecule has 0 unspecified atom stereocenters. The highest BCUT2D eigenvalue weighted by atomic mass is 19.1. The average molecular weight is 237 g/mol. The van der Waals surface area contributed by atoms with Crippen LogP contribution in [-0.4, -0.2) is 18.9 Å². The monoisotopic (exact) mass is 237 g/mol. The second-order valence-electron chi connectivity index (χ2n) is 4.06. The minimum atomic E-state index is -0.355. The van der Waals surface area contributed by atoms with Gasteiger partial charge in [0.15, 0.2) is 0 Å². The van der Waals surface area contributed by atoms with E-state index < -0.39 is 0 Å². The van der Waals surface area contributed by atoms with Crippen LogP contribution in [0.15, 0.2) is 18.2 Å². The van der Waals surface area contributed by atoms with Crippen molar-refractivity contribution in [2.45, 2.75) is 26.7 Å². The molecule has 1 aromatic rings. The molecular formula is C13H20FN3. The average Bonchev–Trinajstić information content (AvgIpc) is 2.28. The number of hydrogen-bond donors (Lipinski definition) is 2. The number of nitrogens with zero attached hydrogens (tertiary/aromatic N) is 1. The van der Waals surface area contributed by atoms with Gasteiger partial charge in [-0.2, -0.15) is 0 Å². The van der Waals surface area contributed by atoms with Crippen molar-refractivity contribution in [1.82, 2.24) is 0 Å².